The van der Waals surface area contributed by atoms with E-state index in [0.717, 1.165) is 5.56 Å². The zero-order valence-corrected chi connectivity index (χ0v) is 19.6. The van der Waals surface area contributed by atoms with E-state index in [1.54, 1.807) is 30.5 Å². The number of aromatic hydroxyl groups is 1. The highest BCUT2D eigenvalue weighted by Gasteiger charge is 2.13. The molecule has 2 aromatic carbocycles. The number of carbonyl (C=O) groups excluding carboxylic acids is 1. The number of anilines is 1. The summed E-state index contributed by atoms with van der Waals surface area (Å²) in [5.41, 5.74) is 8.17. The highest BCUT2D eigenvalue weighted by molar-refractivity contribution is 6.35. The molecule has 7 nitrogen and oxygen atoms in total. The Kier molecular flexibility index (Phi) is 8.52. The minimum Gasteiger partial charge on any atom is -0.506 e. The second-order valence-electron chi connectivity index (χ2n) is 7.82. The van der Waals surface area contributed by atoms with Gasteiger partial charge in [-0.25, -0.2) is 4.98 Å². The number of aromatic nitrogens is 1. The highest BCUT2D eigenvalue weighted by atomic mass is 35.5. The fourth-order valence-electron chi connectivity index (χ4n) is 3.34. The monoisotopic (exact) mass is 488 g/mol. The van der Waals surface area contributed by atoms with Gasteiger partial charge in [-0.1, -0.05) is 41.4 Å². The Bertz CT molecular complexity index is 1110. The molecular weight excluding hydrogens is 463 g/mol. The first kappa shape index (κ1) is 24.8. The van der Waals surface area contributed by atoms with Crippen molar-refractivity contribution in [2.24, 2.45) is 0 Å². The second-order valence-corrected chi connectivity index (χ2v) is 8.67. The van der Waals surface area contributed by atoms with Crippen LogP contribution in [0.15, 0.2) is 54.7 Å². The van der Waals surface area contributed by atoms with Crippen LogP contribution in [0, 0.1) is 0 Å². The number of aliphatic hydroxyl groups is 1. The van der Waals surface area contributed by atoms with Crippen molar-refractivity contribution in [1.82, 2.24) is 15.6 Å². The summed E-state index contributed by atoms with van der Waals surface area (Å²) in [6.45, 7) is 2.45. The molecule has 0 saturated heterocycles. The SMILES string of the molecule is C[C@H](Cc1cccc(C(=O)NCc2cc(Cl)cc(Cl)c2O)c1)NC[C@H](O)c1ccc(N)nc1. The Morgan fingerprint density at radius 1 is 1.18 bits per heavy atom. The number of benzene rings is 2. The number of carbonyl (C=O) groups is 1. The van der Waals surface area contributed by atoms with Crippen molar-refractivity contribution in [2.75, 3.05) is 12.3 Å². The number of hydrogen-bond donors (Lipinski definition) is 5. The minimum absolute atomic E-state index is 0.0604. The summed E-state index contributed by atoms with van der Waals surface area (Å²) in [6.07, 6.45) is 1.53. The Morgan fingerprint density at radius 2 is 1.97 bits per heavy atom. The van der Waals surface area contributed by atoms with E-state index in [1.807, 2.05) is 25.1 Å². The van der Waals surface area contributed by atoms with Gasteiger partial charge in [0.1, 0.15) is 11.6 Å². The Morgan fingerprint density at radius 3 is 2.70 bits per heavy atom. The highest BCUT2D eigenvalue weighted by Crippen LogP contribution is 2.31. The fraction of sp³-hybridized carbons (Fsp3) is 0.250. The molecule has 1 aromatic heterocycles. The van der Waals surface area contributed by atoms with Gasteiger partial charge in [0.2, 0.25) is 0 Å². The molecule has 174 valence electrons. The zero-order chi connectivity index (χ0) is 24.0. The van der Waals surface area contributed by atoms with Crippen molar-refractivity contribution in [1.29, 1.82) is 0 Å². The van der Waals surface area contributed by atoms with Crippen LogP contribution < -0.4 is 16.4 Å². The average molecular weight is 489 g/mol. The number of nitrogens with one attached hydrogen (secondary N) is 2. The number of nitrogen functional groups attached to an aromatic ring is 1. The predicted molar refractivity (Wildman–Crippen MR) is 131 cm³/mol. The van der Waals surface area contributed by atoms with Crippen LogP contribution in [-0.2, 0) is 13.0 Å². The summed E-state index contributed by atoms with van der Waals surface area (Å²) in [5.74, 6) is 0.0237. The summed E-state index contributed by atoms with van der Waals surface area (Å²) in [6, 6.07) is 13.8. The number of hydrogen-bond acceptors (Lipinski definition) is 6. The predicted octanol–water partition coefficient (Wildman–Crippen LogP) is 3.86. The maximum atomic E-state index is 12.6. The maximum absolute atomic E-state index is 12.6. The van der Waals surface area contributed by atoms with Crippen LogP contribution >= 0.6 is 23.2 Å². The molecule has 0 aliphatic rings. The van der Waals surface area contributed by atoms with Gasteiger partial charge in [-0.05, 0) is 49.2 Å². The molecule has 9 heteroatoms. The van der Waals surface area contributed by atoms with E-state index < -0.39 is 6.10 Å². The van der Waals surface area contributed by atoms with Gasteiger partial charge in [0.05, 0.1) is 11.1 Å². The van der Waals surface area contributed by atoms with Crippen LogP contribution in [0.25, 0.3) is 0 Å². The molecule has 0 radical (unpaired) electrons. The van der Waals surface area contributed by atoms with Gasteiger partial charge < -0.3 is 26.6 Å². The molecule has 33 heavy (non-hydrogen) atoms. The van der Waals surface area contributed by atoms with Gasteiger partial charge in [0.25, 0.3) is 5.91 Å². The second kappa shape index (κ2) is 11.3. The van der Waals surface area contributed by atoms with Crippen molar-refractivity contribution in [3.63, 3.8) is 0 Å². The lowest BCUT2D eigenvalue weighted by Crippen LogP contribution is -2.32. The zero-order valence-electron chi connectivity index (χ0n) is 18.1. The van der Waals surface area contributed by atoms with E-state index in [1.165, 1.54) is 6.07 Å². The molecule has 1 heterocycles. The van der Waals surface area contributed by atoms with Crippen molar-refractivity contribution >= 4 is 34.9 Å². The molecule has 1 amide bonds. The third-order valence-corrected chi connectivity index (χ3v) is 5.64. The number of nitrogens with two attached hydrogens (primary N) is 1. The number of nitrogens with zero attached hydrogens (tertiary/aromatic N) is 1. The van der Waals surface area contributed by atoms with E-state index in [9.17, 15) is 15.0 Å². The quantitative estimate of drug-likeness (QED) is 0.311. The van der Waals surface area contributed by atoms with Crippen LogP contribution in [-0.4, -0.2) is 33.7 Å². The fourth-order valence-corrected chi connectivity index (χ4v) is 3.88. The first-order valence-corrected chi connectivity index (χ1v) is 11.2. The normalized spacial score (nSPS) is 12.8. The third kappa shape index (κ3) is 7.07. The number of rotatable bonds is 9. The van der Waals surface area contributed by atoms with Gasteiger partial charge in [0, 0.05) is 47.0 Å². The number of phenols is 1. The third-order valence-electron chi connectivity index (χ3n) is 5.13. The number of pyridine rings is 1. The number of aliphatic hydroxyl groups excluding tert-OH is 1. The Labute approximate surface area is 202 Å². The van der Waals surface area contributed by atoms with E-state index in [-0.39, 0.29) is 29.3 Å². The molecule has 0 aliphatic heterocycles. The molecule has 0 fully saturated rings. The lowest BCUT2D eigenvalue weighted by molar-refractivity contribution is 0.0950. The van der Waals surface area contributed by atoms with Gasteiger partial charge >= 0.3 is 0 Å². The van der Waals surface area contributed by atoms with Gasteiger partial charge in [-0.15, -0.1) is 0 Å². The van der Waals surface area contributed by atoms with Crippen molar-refractivity contribution in [3.8, 4) is 5.75 Å². The number of phenolic OH excluding ortho intramolecular Hbond substituents is 1. The van der Waals surface area contributed by atoms with Crippen LogP contribution in [0.4, 0.5) is 5.82 Å². The largest absolute Gasteiger partial charge is 0.506 e. The Balaban J connectivity index is 1.54. The molecule has 0 aliphatic carbocycles. The molecule has 3 rings (SSSR count). The first-order valence-electron chi connectivity index (χ1n) is 10.4. The molecule has 0 saturated carbocycles. The molecule has 6 N–H and O–H groups in total. The van der Waals surface area contributed by atoms with Crippen molar-refractivity contribution < 1.29 is 15.0 Å². The lowest BCUT2D eigenvalue weighted by Gasteiger charge is -2.18. The lowest BCUT2D eigenvalue weighted by atomic mass is 10.0. The maximum Gasteiger partial charge on any atom is 0.251 e. The van der Waals surface area contributed by atoms with Crippen LogP contribution in [0.2, 0.25) is 10.0 Å². The van der Waals surface area contributed by atoms with Gasteiger partial charge in [-0.2, -0.15) is 0 Å². The summed E-state index contributed by atoms with van der Waals surface area (Å²) < 4.78 is 0. The van der Waals surface area contributed by atoms with Gasteiger partial charge in [-0.3, -0.25) is 4.79 Å². The average Bonchev–Trinajstić information content (AvgIpc) is 2.79. The molecule has 0 unspecified atom stereocenters. The number of amides is 1. The smallest absolute Gasteiger partial charge is 0.251 e. The molecule has 2 atom stereocenters. The molecule has 3 aromatic rings. The summed E-state index contributed by atoms with van der Waals surface area (Å²) in [7, 11) is 0. The minimum atomic E-state index is -0.700. The van der Waals surface area contributed by atoms with Crippen molar-refractivity contribution in [2.45, 2.75) is 32.0 Å². The standard InChI is InChI=1S/C24H26Cl2N4O3/c1-14(28-13-21(31)17-5-6-22(27)29-11-17)7-15-3-2-4-16(8-15)24(33)30-12-18-9-19(25)10-20(26)23(18)32/h2-6,8-11,14,21,28,31-32H,7,12-13H2,1H3,(H2,27,29)(H,30,33)/t14-,21+/m1/s1. The van der Waals surface area contributed by atoms with Crippen LogP contribution in [0.1, 0.15) is 40.1 Å². The summed E-state index contributed by atoms with van der Waals surface area (Å²) in [5, 5.41) is 26.9. The van der Waals surface area contributed by atoms with E-state index in [4.69, 9.17) is 28.9 Å². The van der Waals surface area contributed by atoms with Crippen LogP contribution in [0.3, 0.4) is 0 Å². The molecular formula is C24H26Cl2N4O3. The van der Waals surface area contributed by atoms with Crippen LogP contribution in [0.5, 0.6) is 5.75 Å². The first-order chi connectivity index (χ1) is 15.7. The van der Waals surface area contributed by atoms with E-state index in [0.29, 0.717) is 40.5 Å². The number of halogens is 2. The summed E-state index contributed by atoms with van der Waals surface area (Å²) >= 11 is 11.9. The summed E-state index contributed by atoms with van der Waals surface area (Å²) in [4.78, 5) is 16.6. The van der Waals surface area contributed by atoms with E-state index >= 15 is 0 Å². The molecule has 0 bridgehead atoms. The van der Waals surface area contributed by atoms with Gasteiger partial charge in [0.15, 0.2) is 0 Å². The topological polar surface area (TPSA) is 120 Å². The molecule has 0 spiro atoms. The van der Waals surface area contributed by atoms with E-state index in [2.05, 4.69) is 15.6 Å². The van der Waals surface area contributed by atoms with Crippen molar-refractivity contribution in [3.05, 3.63) is 87.0 Å². The Hall–Kier alpha value is -2.84.